The van der Waals surface area contributed by atoms with Gasteiger partial charge in [0.25, 0.3) is 0 Å². The average molecular weight is 458 g/mol. The predicted molar refractivity (Wildman–Crippen MR) is 129 cm³/mol. The van der Waals surface area contributed by atoms with Crippen molar-refractivity contribution in [2.24, 2.45) is 0 Å². The predicted octanol–water partition coefficient (Wildman–Crippen LogP) is 6.71. The number of anilines is 2. The molecular weight excluding hydrogens is 433 g/mol. The molecule has 0 aliphatic rings. The summed E-state index contributed by atoms with van der Waals surface area (Å²) in [5, 5.41) is 6.32. The van der Waals surface area contributed by atoms with Crippen LogP contribution in [0.3, 0.4) is 0 Å². The molecule has 0 bridgehead atoms. The standard InChI is InChI=1S/C24H25Cl2N3O2/c1-29(2)15-14-23(17-6-4-3-5-7-17)31-20-11-8-18(9-12-20)27-24(30)28-19-10-13-21(25)22(26)16-19/h3-13,16,23H,14-15H2,1-2H3,(H2,27,28,30). The number of amides is 2. The van der Waals surface area contributed by atoms with Gasteiger partial charge in [-0.1, -0.05) is 53.5 Å². The van der Waals surface area contributed by atoms with E-state index in [0.717, 1.165) is 24.3 Å². The van der Waals surface area contributed by atoms with Crippen molar-refractivity contribution in [1.29, 1.82) is 0 Å². The highest BCUT2D eigenvalue weighted by atomic mass is 35.5. The number of ether oxygens (including phenoxy) is 1. The number of nitrogens with zero attached hydrogens (tertiary/aromatic N) is 1. The highest BCUT2D eigenvalue weighted by Crippen LogP contribution is 2.27. The van der Waals surface area contributed by atoms with E-state index in [4.69, 9.17) is 27.9 Å². The zero-order valence-corrected chi connectivity index (χ0v) is 19.0. The minimum absolute atomic E-state index is 0.0552. The molecule has 162 valence electrons. The summed E-state index contributed by atoms with van der Waals surface area (Å²) in [7, 11) is 4.09. The third kappa shape index (κ3) is 7.17. The molecule has 0 spiro atoms. The van der Waals surface area contributed by atoms with Crippen LogP contribution in [0.15, 0.2) is 72.8 Å². The first-order valence-corrected chi connectivity index (χ1v) is 10.7. The highest BCUT2D eigenvalue weighted by molar-refractivity contribution is 6.42. The summed E-state index contributed by atoms with van der Waals surface area (Å²) in [6.45, 7) is 0.911. The van der Waals surface area contributed by atoms with Gasteiger partial charge in [0.2, 0.25) is 0 Å². The molecule has 31 heavy (non-hydrogen) atoms. The molecule has 0 aliphatic heterocycles. The van der Waals surface area contributed by atoms with E-state index in [1.165, 1.54) is 0 Å². The van der Waals surface area contributed by atoms with Crippen molar-refractivity contribution in [3.8, 4) is 5.75 Å². The highest BCUT2D eigenvalue weighted by Gasteiger charge is 2.14. The smallest absolute Gasteiger partial charge is 0.323 e. The molecule has 1 atom stereocenters. The van der Waals surface area contributed by atoms with Crippen molar-refractivity contribution >= 4 is 40.6 Å². The summed E-state index contributed by atoms with van der Waals surface area (Å²) in [6.07, 6.45) is 0.809. The zero-order chi connectivity index (χ0) is 22.2. The number of halogens is 2. The molecule has 5 nitrogen and oxygen atoms in total. The second-order valence-corrected chi connectivity index (χ2v) is 8.16. The largest absolute Gasteiger partial charge is 0.486 e. The van der Waals surface area contributed by atoms with Gasteiger partial charge in [-0.05, 0) is 62.1 Å². The van der Waals surface area contributed by atoms with Gasteiger partial charge < -0.3 is 20.3 Å². The van der Waals surface area contributed by atoms with Crippen molar-refractivity contribution in [2.45, 2.75) is 12.5 Å². The molecule has 0 radical (unpaired) electrons. The Morgan fingerprint density at radius 3 is 2.19 bits per heavy atom. The Labute approximate surface area is 192 Å². The third-order valence-corrected chi connectivity index (χ3v) is 5.32. The monoisotopic (exact) mass is 457 g/mol. The SMILES string of the molecule is CN(C)CCC(Oc1ccc(NC(=O)Nc2ccc(Cl)c(Cl)c2)cc1)c1ccccc1. The number of carbonyl (C=O) groups excluding carboxylic acids is 1. The first-order valence-electron chi connectivity index (χ1n) is 9.90. The Bertz CT molecular complexity index is 995. The van der Waals surface area contributed by atoms with Crippen LogP contribution in [-0.2, 0) is 0 Å². The lowest BCUT2D eigenvalue weighted by Gasteiger charge is -2.21. The number of hydrogen-bond acceptors (Lipinski definition) is 3. The van der Waals surface area contributed by atoms with Gasteiger partial charge >= 0.3 is 6.03 Å². The van der Waals surface area contributed by atoms with Crippen LogP contribution in [0.2, 0.25) is 10.0 Å². The molecule has 0 heterocycles. The van der Waals surface area contributed by atoms with Crippen LogP contribution in [0.5, 0.6) is 5.75 Å². The second kappa shape index (κ2) is 11.0. The van der Waals surface area contributed by atoms with Gasteiger partial charge in [-0.3, -0.25) is 0 Å². The second-order valence-electron chi connectivity index (χ2n) is 7.34. The Morgan fingerprint density at radius 2 is 1.55 bits per heavy atom. The first kappa shape index (κ1) is 22.9. The van der Waals surface area contributed by atoms with Gasteiger partial charge in [-0.2, -0.15) is 0 Å². The molecule has 3 aromatic rings. The maximum Gasteiger partial charge on any atom is 0.323 e. The molecule has 3 aromatic carbocycles. The van der Waals surface area contributed by atoms with Crippen LogP contribution in [0.1, 0.15) is 18.1 Å². The van der Waals surface area contributed by atoms with Gasteiger partial charge in [-0.25, -0.2) is 4.79 Å². The fraction of sp³-hybridized carbons (Fsp3) is 0.208. The summed E-state index contributed by atoms with van der Waals surface area (Å²) in [6, 6.07) is 22.0. The summed E-state index contributed by atoms with van der Waals surface area (Å²) in [5.74, 6) is 0.739. The van der Waals surface area contributed by atoms with Crippen molar-refractivity contribution < 1.29 is 9.53 Å². The molecule has 0 aliphatic carbocycles. The fourth-order valence-electron chi connectivity index (χ4n) is 2.99. The number of urea groups is 1. The third-order valence-electron chi connectivity index (χ3n) is 4.58. The van der Waals surface area contributed by atoms with Crippen molar-refractivity contribution in [3.05, 3.63) is 88.4 Å². The van der Waals surface area contributed by atoms with E-state index in [9.17, 15) is 4.79 Å². The summed E-state index contributed by atoms with van der Waals surface area (Å²) in [5.41, 5.74) is 2.33. The van der Waals surface area contributed by atoms with E-state index in [1.54, 1.807) is 30.3 Å². The first-order chi connectivity index (χ1) is 14.9. The van der Waals surface area contributed by atoms with Crippen LogP contribution < -0.4 is 15.4 Å². The maximum absolute atomic E-state index is 12.2. The van der Waals surface area contributed by atoms with Crippen LogP contribution >= 0.6 is 23.2 Å². The molecule has 1 unspecified atom stereocenters. The lowest BCUT2D eigenvalue weighted by Crippen LogP contribution is -2.19. The molecule has 3 rings (SSSR count). The average Bonchev–Trinajstić information content (AvgIpc) is 2.75. The van der Waals surface area contributed by atoms with Gasteiger partial charge in [0.05, 0.1) is 10.0 Å². The molecule has 0 aromatic heterocycles. The van der Waals surface area contributed by atoms with Gasteiger partial charge in [0.15, 0.2) is 0 Å². The van der Waals surface area contributed by atoms with Gasteiger partial charge in [0.1, 0.15) is 11.9 Å². The summed E-state index contributed by atoms with van der Waals surface area (Å²) < 4.78 is 6.25. The number of carbonyl (C=O) groups is 1. The molecule has 0 fully saturated rings. The number of hydrogen-bond donors (Lipinski definition) is 2. The summed E-state index contributed by atoms with van der Waals surface area (Å²) in [4.78, 5) is 14.4. The van der Waals surface area contributed by atoms with E-state index < -0.39 is 0 Å². The van der Waals surface area contributed by atoms with E-state index in [-0.39, 0.29) is 12.1 Å². The number of nitrogens with one attached hydrogen (secondary N) is 2. The van der Waals surface area contributed by atoms with E-state index in [2.05, 4.69) is 27.7 Å². The Kier molecular flexibility index (Phi) is 8.18. The lowest BCUT2D eigenvalue weighted by atomic mass is 10.1. The Hall–Kier alpha value is -2.73. The fourth-order valence-corrected chi connectivity index (χ4v) is 3.28. The molecule has 0 saturated heterocycles. The van der Waals surface area contributed by atoms with Crippen molar-refractivity contribution in [1.82, 2.24) is 4.90 Å². The van der Waals surface area contributed by atoms with Crippen LogP contribution in [0.25, 0.3) is 0 Å². The Balaban J connectivity index is 1.61. The minimum Gasteiger partial charge on any atom is -0.486 e. The summed E-state index contributed by atoms with van der Waals surface area (Å²) >= 11 is 11.9. The number of benzene rings is 3. The lowest BCUT2D eigenvalue weighted by molar-refractivity contribution is 0.179. The topological polar surface area (TPSA) is 53.6 Å². The van der Waals surface area contributed by atoms with Crippen LogP contribution in [0, 0.1) is 0 Å². The molecule has 2 amide bonds. The van der Waals surface area contributed by atoms with Crippen LogP contribution in [-0.4, -0.2) is 31.6 Å². The zero-order valence-electron chi connectivity index (χ0n) is 17.4. The van der Waals surface area contributed by atoms with E-state index in [0.29, 0.717) is 21.4 Å². The van der Waals surface area contributed by atoms with Crippen molar-refractivity contribution in [2.75, 3.05) is 31.3 Å². The molecular formula is C24H25Cl2N3O2. The van der Waals surface area contributed by atoms with Gasteiger partial charge in [-0.15, -0.1) is 0 Å². The normalized spacial score (nSPS) is 11.8. The minimum atomic E-state index is -0.375. The van der Waals surface area contributed by atoms with E-state index in [1.807, 2.05) is 44.4 Å². The van der Waals surface area contributed by atoms with E-state index >= 15 is 0 Å². The molecule has 2 N–H and O–H groups in total. The number of rotatable bonds is 8. The quantitative estimate of drug-likeness (QED) is 0.395. The van der Waals surface area contributed by atoms with Crippen molar-refractivity contribution in [3.63, 3.8) is 0 Å². The molecule has 7 heteroatoms. The maximum atomic E-state index is 12.2. The Morgan fingerprint density at radius 1 is 0.903 bits per heavy atom. The molecule has 0 saturated carbocycles. The van der Waals surface area contributed by atoms with Crippen LogP contribution in [0.4, 0.5) is 16.2 Å². The van der Waals surface area contributed by atoms with Gasteiger partial charge in [0, 0.05) is 24.3 Å².